The number of aryl methyl sites for hydroxylation is 1. The Kier molecular flexibility index (Phi) is 5.23. The molecule has 0 fully saturated rings. The van der Waals surface area contributed by atoms with Crippen molar-refractivity contribution in [2.75, 3.05) is 6.61 Å². The van der Waals surface area contributed by atoms with Crippen LogP contribution in [-0.2, 0) is 26.1 Å². The van der Waals surface area contributed by atoms with E-state index in [1.807, 2.05) is 0 Å². The Labute approximate surface area is 122 Å². The molecule has 0 radical (unpaired) electrons. The highest BCUT2D eigenvalue weighted by atomic mass is 16.6. The maximum atomic E-state index is 12.2. The Morgan fingerprint density at radius 2 is 1.95 bits per heavy atom. The predicted molar refractivity (Wildman–Crippen MR) is 74.7 cm³/mol. The number of ether oxygens (including phenoxy) is 2. The number of nitrogens with zero attached hydrogens (tertiary/aromatic N) is 2. The summed E-state index contributed by atoms with van der Waals surface area (Å²) in [6, 6.07) is 1.18. The van der Waals surface area contributed by atoms with Gasteiger partial charge in [0.2, 0.25) is 0 Å². The summed E-state index contributed by atoms with van der Waals surface area (Å²) >= 11 is 0. The fourth-order valence-electron chi connectivity index (χ4n) is 1.60. The van der Waals surface area contributed by atoms with Crippen LogP contribution >= 0.6 is 0 Å². The standard InChI is InChI=1S/C14H20N2O5/c1-6-20-12(18)11(13(19)21-14(2,3)4)9-7-10(17)16(5)15-8-9/h7-8,11H,6H2,1-5H3. The molecular weight excluding hydrogens is 276 g/mol. The molecule has 0 spiro atoms. The third-order valence-electron chi connectivity index (χ3n) is 2.49. The number of esters is 2. The van der Waals surface area contributed by atoms with Crippen molar-refractivity contribution in [3.05, 3.63) is 28.2 Å². The van der Waals surface area contributed by atoms with Gasteiger partial charge in [-0.05, 0) is 27.7 Å². The van der Waals surface area contributed by atoms with Crippen molar-refractivity contribution in [3.8, 4) is 0 Å². The molecule has 0 aliphatic carbocycles. The molecule has 7 nitrogen and oxygen atoms in total. The van der Waals surface area contributed by atoms with Gasteiger partial charge in [0.05, 0.1) is 12.8 Å². The summed E-state index contributed by atoms with van der Waals surface area (Å²) in [5.74, 6) is -2.84. The van der Waals surface area contributed by atoms with Crippen LogP contribution in [0.4, 0.5) is 0 Å². The summed E-state index contributed by atoms with van der Waals surface area (Å²) in [5.41, 5.74) is -1.02. The van der Waals surface area contributed by atoms with E-state index in [1.165, 1.54) is 19.3 Å². The zero-order valence-electron chi connectivity index (χ0n) is 12.9. The maximum absolute atomic E-state index is 12.2. The molecule has 1 unspecified atom stereocenters. The molecule has 1 aromatic rings. The molecule has 0 N–H and O–H groups in total. The zero-order chi connectivity index (χ0) is 16.2. The topological polar surface area (TPSA) is 87.5 Å². The molecule has 21 heavy (non-hydrogen) atoms. The molecule has 0 amide bonds. The van der Waals surface area contributed by atoms with E-state index in [9.17, 15) is 14.4 Å². The lowest BCUT2D eigenvalue weighted by atomic mass is 10.0. The predicted octanol–water partition coefficient (Wildman–Crippen LogP) is 0.769. The van der Waals surface area contributed by atoms with Crippen LogP contribution in [0.1, 0.15) is 39.2 Å². The van der Waals surface area contributed by atoms with E-state index < -0.39 is 29.0 Å². The molecule has 1 atom stereocenters. The van der Waals surface area contributed by atoms with Gasteiger partial charge >= 0.3 is 11.9 Å². The first-order valence-electron chi connectivity index (χ1n) is 6.58. The Hall–Kier alpha value is -2.18. The van der Waals surface area contributed by atoms with Crippen LogP contribution < -0.4 is 5.56 Å². The quantitative estimate of drug-likeness (QED) is 0.602. The van der Waals surface area contributed by atoms with Crippen LogP contribution in [0, 0.1) is 0 Å². The highest BCUT2D eigenvalue weighted by Gasteiger charge is 2.34. The second kappa shape index (κ2) is 6.51. The Balaban J connectivity index is 3.18. The van der Waals surface area contributed by atoms with Crippen LogP contribution in [0.2, 0.25) is 0 Å². The second-order valence-corrected chi connectivity index (χ2v) is 5.47. The summed E-state index contributed by atoms with van der Waals surface area (Å²) in [4.78, 5) is 35.8. The number of hydrogen-bond donors (Lipinski definition) is 0. The first kappa shape index (κ1) is 16.9. The Morgan fingerprint density at radius 1 is 1.33 bits per heavy atom. The van der Waals surface area contributed by atoms with Gasteiger partial charge in [-0.3, -0.25) is 14.4 Å². The van der Waals surface area contributed by atoms with Gasteiger partial charge in [0.15, 0.2) is 5.92 Å². The third-order valence-corrected chi connectivity index (χ3v) is 2.49. The van der Waals surface area contributed by atoms with Gasteiger partial charge in [-0.15, -0.1) is 0 Å². The molecule has 116 valence electrons. The van der Waals surface area contributed by atoms with Crippen molar-refractivity contribution < 1.29 is 19.1 Å². The van der Waals surface area contributed by atoms with Crippen LogP contribution in [0.5, 0.6) is 0 Å². The molecule has 0 aliphatic rings. The largest absolute Gasteiger partial charge is 0.465 e. The molecular formula is C14H20N2O5. The molecule has 0 aromatic carbocycles. The van der Waals surface area contributed by atoms with Gasteiger partial charge in [-0.2, -0.15) is 5.10 Å². The lowest BCUT2D eigenvalue weighted by Crippen LogP contribution is -2.33. The highest BCUT2D eigenvalue weighted by molar-refractivity contribution is 6.00. The molecule has 0 bridgehead atoms. The average molecular weight is 296 g/mol. The van der Waals surface area contributed by atoms with Crippen LogP contribution in [-0.4, -0.2) is 33.9 Å². The van der Waals surface area contributed by atoms with E-state index >= 15 is 0 Å². The minimum Gasteiger partial charge on any atom is -0.465 e. The van der Waals surface area contributed by atoms with E-state index in [2.05, 4.69) is 5.10 Å². The highest BCUT2D eigenvalue weighted by Crippen LogP contribution is 2.21. The lowest BCUT2D eigenvalue weighted by molar-refractivity contribution is -0.164. The monoisotopic (exact) mass is 296 g/mol. The van der Waals surface area contributed by atoms with Gasteiger partial charge in [-0.25, -0.2) is 4.68 Å². The van der Waals surface area contributed by atoms with E-state index in [4.69, 9.17) is 9.47 Å². The summed E-state index contributed by atoms with van der Waals surface area (Å²) in [5, 5.41) is 3.81. The smallest absolute Gasteiger partial charge is 0.325 e. The van der Waals surface area contributed by atoms with E-state index in [1.54, 1.807) is 27.7 Å². The van der Waals surface area contributed by atoms with E-state index in [0.717, 1.165) is 4.68 Å². The lowest BCUT2D eigenvalue weighted by Gasteiger charge is -2.23. The Bertz CT molecular complexity index is 586. The van der Waals surface area contributed by atoms with Crippen LogP contribution in [0.25, 0.3) is 0 Å². The zero-order valence-corrected chi connectivity index (χ0v) is 12.9. The number of rotatable bonds is 4. The first-order valence-corrected chi connectivity index (χ1v) is 6.58. The van der Waals surface area contributed by atoms with Crippen molar-refractivity contribution in [2.45, 2.75) is 39.2 Å². The summed E-state index contributed by atoms with van der Waals surface area (Å²) in [6.07, 6.45) is 1.28. The van der Waals surface area contributed by atoms with Gasteiger partial charge in [0.25, 0.3) is 5.56 Å². The van der Waals surface area contributed by atoms with Crippen LogP contribution in [0.15, 0.2) is 17.1 Å². The first-order chi connectivity index (χ1) is 9.65. The number of hydrogen-bond acceptors (Lipinski definition) is 6. The minimum absolute atomic E-state index is 0.121. The molecule has 1 heterocycles. The fraction of sp³-hybridized carbons (Fsp3) is 0.571. The average Bonchev–Trinajstić information content (AvgIpc) is 2.32. The van der Waals surface area contributed by atoms with Gasteiger partial charge in [0.1, 0.15) is 5.60 Å². The Morgan fingerprint density at radius 3 is 2.43 bits per heavy atom. The number of carbonyl (C=O) groups excluding carboxylic acids is 2. The summed E-state index contributed by atoms with van der Waals surface area (Å²) < 4.78 is 11.2. The third kappa shape index (κ3) is 4.70. The second-order valence-electron chi connectivity index (χ2n) is 5.47. The van der Waals surface area contributed by atoms with Gasteiger partial charge in [0, 0.05) is 18.7 Å². The molecule has 1 aromatic heterocycles. The van der Waals surface area contributed by atoms with E-state index in [-0.39, 0.29) is 12.2 Å². The molecule has 7 heteroatoms. The maximum Gasteiger partial charge on any atom is 0.325 e. The van der Waals surface area contributed by atoms with Gasteiger partial charge in [-0.1, -0.05) is 0 Å². The van der Waals surface area contributed by atoms with Crippen molar-refractivity contribution in [1.29, 1.82) is 0 Å². The fourth-order valence-corrected chi connectivity index (χ4v) is 1.60. The van der Waals surface area contributed by atoms with Crippen molar-refractivity contribution in [3.63, 3.8) is 0 Å². The van der Waals surface area contributed by atoms with Crippen molar-refractivity contribution >= 4 is 11.9 Å². The molecule has 1 rings (SSSR count). The van der Waals surface area contributed by atoms with Crippen molar-refractivity contribution in [2.24, 2.45) is 7.05 Å². The summed E-state index contributed by atoms with van der Waals surface area (Å²) in [6.45, 7) is 6.82. The SMILES string of the molecule is CCOC(=O)C(C(=O)OC(C)(C)C)c1cnn(C)c(=O)c1. The molecule has 0 saturated carbocycles. The molecule has 0 saturated heterocycles. The molecule has 0 aliphatic heterocycles. The number of carbonyl (C=O) groups is 2. The van der Waals surface area contributed by atoms with Crippen molar-refractivity contribution in [1.82, 2.24) is 9.78 Å². The minimum atomic E-state index is -1.31. The normalized spacial score (nSPS) is 12.6. The van der Waals surface area contributed by atoms with E-state index in [0.29, 0.717) is 0 Å². The van der Waals surface area contributed by atoms with Gasteiger partial charge < -0.3 is 9.47 Å². The summed E-state index contributed by atoms with van der Waals surface area (Å²) in [7, 11) is 1.47. The van der Waals surface area contributed by atoms with Crippen LogP contribution in [0.3, 0.4) is 0 Å². The number of aromatic nitrogens is 2.